The maximum atomic E-state index is 13.7. The van der Waals surface area contributed by atoms with Gasteiger partial charge in [-0.15, -0.1) is 0 Å². The van der Waals surface area contributed by atoms with Crippen molar-refractivity contribution in [3.05, 3.63) is 35.9 Å². The summed E-state index contributed by atoms with van der Waals surface area (Å²) >= 11 is 0. The lowest BCUT2D eigenvalue weighted by atomic mass is 9.82. The number of rotatable bonds is 6. The van der Waals surface area contributed by atoms with Gasteiger partial charge in [-0.2, -0.15) is 0 Å². The molecule has 9 heteroatoms. The van der Waals surface area contributed by atoms with E-state index in [-0.39, 0.29) is 25.0 Å². The van der Waals surface area contributed by atoms with Crippen LogP contribution in [0.2, 0.25) is 0 Å². The number of anilines is 1. The normalized spacial score (nSPS) is 21.3. The molecule has 0 spiro atoms. The number of methoxy groups -OCH3 is 3. The standard InChI is InChI=1S/C26H30N2O7/c1-31-21-12-16(13-22(32-2)25(21)33-3)24-18(26(30)27-10-4-5-11-27)7-9-23(29)28(24)17-6-8-19-20(14-17)35-15-34-19/h6,8,12-14,18,24H,4-5,7,9-11,15H2,1-3H3/t18-,24+/m1/s1. The second-order valence-electron chi connectivity index (χ2n) is 8.88. The summed E-state index contributed by atoms with van der Waals surface area (Å²) < 4.78 is 27.7. The molecular weight excluding hydrogens is 452 g/mol. The highest BCUT2D eigenvalue weighted by molar-refractivity contribution is 5.98. The molecule has 3 heterocycles. The molecule has 186 valence electrons. The summed E-state index contributed by atoms with van der Waals surface area (Å²) in [6.45, 7) is 1.63. The number of amides is 2. The Hall–Kier alpha value is -3.62. The Labute approximate surface area is 204 Å². The van der Waals surface area contributed by atoms with Crippen LogP contribution in [0.5, 0.6) is 28.7 Å². The molecule has 2 atom stereocenters. The van der Waals surface area contributed by atoms with E-state index in [4.69, 9.17) is 23.7 Å². The molecule has 0 aromatic heterocycles. The number of ether oxygens (including phenoxy) is 5. The summed E-state index contributed by atoms with van der Waals surface area (Å²) in [5, 5.41) is 0. The molecule has 2 amide bonds. The van der Waals surface area contributed by atoms with E-state index in [0.717, 1.165) is 31.5 Å². The lowest BCUT2D eigenvalue weighted by Crippen LogP contribution is -2.49. The SMILES string of the molecule is COc1cc([C@H]2[C@H](C(=O)N3CCCC3)CCC(=O)N2c2ccc3c(c2)OCO3)cc(OC)c1OC. The van der Waals surface area contributed by atoms with Crippen LogP contribution in [0.3, 0.4) is 0 Å². The zero-order chi connectivity index (χ0) is 24.5. The summed E-state index contributed by atoms with van der Waals surface area (Å²) in [4.78, 5) is 30.8. The van der Waals surface area contributed by atoms with Crippen LogP contribution in [-0.4, -0.2) is 57.9 Å². The maximum absolute atomic E-state index is 13.7. The Morgan fingerprint density at radius 1 is 0.943 bits per heavy atom. The average molecular weight is 483 g/mol. The zero-order valence-corrected chi connectivity index (χ0v) is 20.2. The maximum Gasteiger partial charge on any atom is 0.231 e. The van der Waals surface area contributed by atoms with Crippen molar-refractivity contribution in [2.75, 3.05) is 46.1 Å². The van der Waals surface area contributed by atoms with E-state index in [1.54, 1.807) is 38.4 Å². The summed E-state index contributed by atoms with van der Waals surface area (Å²) in [6.07, 6.45) is 2.74. The van der Waals surface area contributed by atoms with Gasteiger partial charge in [-0.25, -0.2) is 0 Å². The number of carbonyl (C=O) groups is 2. The molecule has 0 bridgehead atoms. The van der Waals surface area contributed by atoms with Crippen molar-refractivity contribution >= 4 is 17.5 Å². The fourth-order valence-corrected chi connectivity index (χ4v) is 5.32. The first-order valence-corrected chi connectivity index (χ1v) is 11.9. The Bertz CT molecular complexity index is 1100. The van der Waals surface area contributed by atoms with Crippen molar-refractivity contribution in [1.82, 2.24) is 4.90 Å². The van der Waals surface area contributed by atoms with Crippen molar-refractivity contribution in [2.45, 2.75) is 31.7 Å². The van der Waals surface area contributed by atoms with Crippen molar-refractivity contribution in [1.29, 1.82) is 0 Å². The van der Waals surface area contributed by atoms with Crippen molar-refractivity contribution in [3.8, 4) is 28.7 Å². The lowest BCUT2D eigenvalue weighted by molar-refractivity contribution is -0.137. The molecule has 0 aliphatic carbocycles. The van der Waals surface area contributed by atoms with Crippen LogP contribution < -0.4 is 28.6 Å². The summed E-state index contributed by atoms with van der Waals surface area (Å²) in [5.74, 6) is 2.19. The molecule has 0 saturated carbocycles. The van der Waals surface area contributed by atoms with Gasteiger partial charge in [0, 0.05) is 31.3 Å². The molecule has 5 rings (SSSR count). The van der Waals surface area contributed by atoms with Crippen LogP contribution in [0.15, 0.2) is 30.3 Å². The number of hydrogen-bond donors (Lipinski definition) is 0. The van der Waals surface area contributed by atoms with E-state index in [1.807, 2.05) is 23.1 Å². The van der Waals surface area contributed by atoms with Gasteiger partial charge in [0.25, 0.3) is 0 Å². The predicted molar refractivity (Wildman–Crippen MR) is 127 cm³/mol. The number of hydrogen-bond acceptors (Lipinski definition) is 7. The first kappa shape index (κ1) is 23.1. The molecule has 2 aromatic carbocycles. The van der Waals surface area contributed by atoms with Gasteiger partial charge in [-0.1, -0.05) is 0 Å². The van der Waals surface area contributed by atoms with E-state index < -0.39 is 12.0 Å². The first-order chi connectivity index (χ1) is 17.0. The molecule has 2 aromatic rings. The van der Waals surface area contributed by atoms with Gasteiger partial charge >= 0.3 is 0 Å². The Kier molecular flexibility index (Phi) is 6.32. The highest BCUT2D eigenvalue weighted by Crippen LogP contribution is 2.47. The molecule has 3 aliphatic heterocycles. The van der Waals surface area contributed by atoms with Gasteiger partial charge < -0.3 is 33.5 Å². The molecule has 0 unspecified atom stereocenters. The number of carbonyl (C=O) groups excluding carboxylic acids is 2. The number of piperidine rings is 1. The average Bonchev–Trinajstić information content (AvgIpc) is 3.59. The van der Waals surface area contributed by atoms with Crippen LogP contribution in [0.4, 0.5) is 5.69 Å². The van der Waals surface area contributed by atoms with Gasteiger partial charge in [0.15, 0.2) is 23.0 Å². The van der Waals surface area contributed by atoms with E-state index >= 15 is 0 Å². The van der Waals surface area contributed by atoms with Crippen molar-refractivity contribution in [3.63, 3.8) is 0 Å². The van der Waals surface area contributed by atoms with Crippen LogP contribution in [0.1, 0.15) is 37.3 Å². The second-order valence-corrected chi connectivity index (χ2v) is 8.88. The highest BCUT2D eigenvalue weighted by Gasteiger charge is 2.44. The third-order valence-electron chi connectivity index (χ3n) is 7.00. The minimum Gasteiger partial charge on any atom is -0.493 e. The molecule has 0 N–H and O–H groups in total. The van der Waals surface area contributed by atoms with E-state index in [0.29, 0.717) is 40.9 Å². The van der Waals surface area contributed by atoms with Crippen LogP contribution in [-0.2, 0) is 9.59 Å². The van der Waals surface area contributed by atoms with E-state index in [1.165, 1.54) is 0 Å². The Morgan fingerprint density at radius 2 is 1.63 bits per heavy atom. The molecule has 2 saturated heterocycles. The minimum atomic E-state index is -0.557. The summed E-state index contributed by atoms with van der Waals surface area (Å²) in [6, 6.07) is 8.53. The van der Waals surface area contributed by atoms with E-state index in [9.17, 15) is 9.59 Å². The first-order valence-electron chi connectivity index (χ1n) is 11.9. The van der Waals surface area contributed by atoms with Gasteiger partial charge in [-0.05, 0) is 49.1 Å². The Balaban J connectivity index is 1.65. The third-order valence-corrected chi connectivity index (χ3v) is 7.00. The highest BCUT2D eigenvalue weighted by atomic mass is 16.7. The van der Waals surface area contributed by atoms with Crippen LogP contribution >= 0.6 is 0 Å². The van der Waals surface area contributed by atoms with E-state index in [2.05, 4.69) is 0 Å². The van der Waals surface area contributed by atoms with Gasteiger partial charge in [0.1, 0.15) is 0 Å². The molecule has 3 aliphatic rings. The van der Waals surface area contributed by atoms with Gasteiger partial charge in [0.2, 0.25) is 24.4 Å². The number of benzene rings is 2. The fourth-order valence-electron chi connectivity index (χ4n) is 5.32. The zero-order valence-electron chi connectivity index (χ0n) is 20.2. The molecule has 9 nitrogen and oxygen atoms in total. The second kappa shape index (κ2) is 9.56. The third kappa shape index (κ3) is 4.09. The lowest BCUT2D eigenvalue weighted by Gasteiger charge is -2.42. The van der Waals surface area contributed by atoms with Crippen molar-refractivity contribution < 1.29 is 33.3 Å². The molecular formula is C26H30N2O7. The van der Waals surface area contributed by atoms with Crippen molar-refractivity contribution in [2.24, 2.45) is 5.92 Å². The summed E-state index contributed by atoms with van der Waals surface area (Å²) in [7, 11) is 4.65. The summed E-state index contributed by atoms with van der Waals surface area (Å²) in [5.41, 5.74) is 1.39. The van der Waals surface area contributed by atoms with Gasteiger partial charge in [0.05, 0.1) is 33.3 Å². The van der Waals surface area contributed by atoms with Crippen LogP contribution in [0.25, 0.3) is 0 Å². The Morgan fingerprint density at radius 3 is 2.29 bits per heavy atom. The fraction of sp³-hybridized carbons (Fsp3) is 0.462. The molecule has 2 fully saturated rings. The number of likely N-dealkylation sites (tertiary alicyclic amines) is 1. The van der Waals surface area contributed by atoms with Crippen LogP contribution in [0, 0.1) is 5.92 Å². The van der Waals surface area contributed by atoms with Gasteiger partial charge in [-0.3, -0.25) is 9.59 Å². The predicted octanol–water partition coefficient (Wildman–Crippen LogP) is 3.55. The number of nitrogens with zero attached hydrogens (tertiary/aromatic N) is 2. The number of fused-ring (bicyclic) bond motifs is 1. The topological polar surface area (TPSA) is 86.8 Å². The monoisotopic (exact) mass is 482 g/mol. The molecule has 0 radical (unpaired) electrons. The molecule has 35 heavy (non-hydrogen) atoms. The minimum absolute atomic E-state index is 0.0620. The largest absolute Gasteiger partial charge is 0.493 e. The quantitative estimate of drug-likeness (QED) is 0.622. The smallest absolute Gasteiger partial charge is 0.231 e.